The lowest BCUT2D eigenvalue weighted by atomic mass is 10.3. The molecule has 3 rings (SSSR count). The zero-order valence-electron chi connectivity index (χ0n) is 5.73. The molecular formula is C7H6N2OS. The monoisotopic (exact) mass is 166 g/mol. The fourth-order valence-corrected chi connectivity index (χ4v) is 2.18. The van der Waals surface area contributed by atoms with Gasteiger partial charge in [-0.05, 0) is 5.41 Å². The van der Waals surface area contributed by atoms with E-state index in [1.165, 1.54) is 5.70 Å². The average Bonchev–Trinajstić information content (AvgIpc) is 2.52. The van der Waals surface area contributed by atoms with Crippen LogP contribution in [0.3, 0.4) is 0 Å². The summed E-state index contributed by atoms with van der Waals surface area (Å²) in [6.45, 7) is 0.712. The summed E-state index contributed by atoms with van der Waals surface area (Å²) in [5.41, 5.74) is 1.18. The summed E-state index contributed by atoms with van der Waals surface area (Å²) in [6.07, 6.45) is 3.83. The third kappa shape index (κ3) is 0.625. The van der Waals surface area contributed by atoms with Gasteiger partial charge in [0, 0.05) is 6.20 Å². The molecule has 3 aliphatic heterocycles. The highest BCUT2D eigenvalue weighted by atomic mass is 32.2. The molecule has 0 aromatic heterocycles. The Hall–Kier alpha value is -0.900. The molecule has 1 atom stereocenters. The van der Waals surface area contributed by atoms with E-state index in [9.17, 15) is 0 Å². The second-order valence-corrected chi connectivity index (χ2v) is 3.45. The van der Waals surface area contributed by atoms with E-state index in [2.05, 4.69) is 9.89 Å². The molecule has 3 nitrogen and oxygen atoms in total. The summed E-state index contributed by atoms with van der Waals surface area (Å²) in [5, 5.41) is 3.12. The highest BCUT2D eigenvalue weighted by Gasteiger charge is 2.35. The highest BCUT2D eigenvalue weighted by molar-refractivity contribution is 8.16. The van der Waals surface area contributed by atoms with Crippen LogP contribution in [0.15, 0.2) is 28.6 Å². The van der Waals surface area contributed by atoms with Gasteiger partial charge in [-0.2, -0.15) is 0 Å². The van der Waals surface area contributed by atoms with Crippen LogP contribution in [0.5, 0.6) is 0 Å². The van der Waals surface area contributed by atoms with Gasteiger partial charge in [-0.1, -0.05) is 11.8 Å². The minimum Gasteiger partial charge on any atom is -0.497 e. The van der Waals surface area contributed by atoms with Gasteiger partial charge in [0.25, 0.3) is 0 Å². The molecule has 11 heavy (non-hydrogen) atoms. The summed E-state index contributed by atoms with van der Waals surface area (Å²) in [7, 11) is 0. The molecule has 56 valence electrons. The predicted molar refractivity (Wildman–Crippen MR) is 43.8 cm³/mol. The van der Waals surface area contributed by atoms with Crippen molar-refractivity contribution >= 4 is 16.9 Å². The second-order valence-electron chi connectivity index (χ2n) is 2.58. The predicted octanol–water partition coefficient (Wildman–Crippen LogP) is 1.12. The first kappa shape index (κ1) is 5.71. The van der Waals surface area contributed by atoms with Crippen LogP contribution < -0.4 is 0 Å². The Morgan fingerprint density at radius 2 is 2.73 bits per heavy atom. The Morgan fingerprint density at radius 1 is 1.73 bits per heavy atom. The molecule has 0 spiro atoms. The minimum atomic E-state index is 0.266. The molecule has 3 aliphatic rings. The van der Waals surface area contributed by atoms with E-state index < -0.39 is 0 Å². The standard InChI is InChI=1S/C7H6N2OS/c1-2-11-7-8-5-3-10-4-6(5)9(1)7/h1-2,4-5H,3H2. The maximum Gasteiger partial charge on any atom is 0.172 e. The number of rotatable bonds is 0. The number of ether oxygens (including phenoxy) is 1. The molecule has 0 aromatic carbocycles. The minimum absolute atomic E-state index is 0.266. The Balaban J connectivity index is 2.07. The summed E-state index contributed by atoms with van der Waals surface area (Å²) in [6, 6.07) is 0.266. The third-order valence-electron chi connectivity index (χ3n) is 1.93. The molecule has 4 heteroatoms. The maximum absolute atomic E-state index is 5.17. The largest absolute Gasteiger partial charge is 0.497 e. The molecule has 3 heterocycles. The molecule has 0 N–H and O–H groups in total. The zero-order valence-corrected chi connectivity index (χ0v) is 6.54. The SMILES string of the molecule is C1=CN2C3=COCC3N=C2S1. The van der Waals surface area contributed by atoms with Crippen LogP contribution in [0.1, 0.15) is 0 Å². The van der Waals surface area contributed by atoms with Crippen molar-refractivity contribution in [1.82, 2.24) is 4.90 Å². The van der Waals surface area contributed by atoms with Gasteiger partial charge in [-0.15, -0.1) is 0 Å². The third-order valence-corrected chi connectivity index (χ3v) is 2.70. The van der Waals surface area contributed by atoms with E-state index in [4.69, 9.17) is 4.74 Å². The molecule has 0 aromatic rings. The van der Waals surface area contributed by atoms with Crippen LogP contribution in [0.25, 0.3) is 0 Å². The van der Waals surface area contributed by atoms with E-state index in [0.29, 0.717) is 6.61 Å². The van der Waals surface area contributed by atoms with Crippen molar-refractivity contribution in [2.24, 2.45) is 4.99 Å². The molecule has 0 saturated heterocycles. The number of thioether (sulfide) groups is 1. The van der Waals surface area contributed by atoms with E-state index in [-0.39, 0.29) is 6.04 Å². The van der Waals surface area contributed by atoms with Crippen LogP contribution >= 0.6 is 11.8 Å². The Labute approximate surface area is 68.4 Å². The van der Waals surface area contributed by atoms with Crippen molar-refractivity contribution in [3.63, 3.8) is 0 Å². The molecular weight excluding hydrogens is 160 g/mol. The Morgan fingerprint density at radius 3 is 3.73 bits per heavy atom. The Bertz CT molecular complexity index is 295. The summed E-state index contributed by atoms with van der Waals surface area (Å²) in [5.74, 6) is 0. The smallest absolute Gasteiger partial charge is 0.172 e. The van der Waals surface area contributed by atoms with Crippen molar-refractivity contribution in [2.45, 2.75) is 6.04 Å². The van der Waals surface area contributed by atoms with E-state index >= 15 is 0 Å². The van der Waals surface area contributed by atoms with Crippen LogP contribution in [0.4, 0.5) is 0 Å². The molecule has 0 saturated carbocycles. The van der Waals surface area contributed by atoms with E-state index in [1.807, 2.05) is 11.6 Å². The van der Waals surface area contributed by atoms with Crippen molar-refractivity contribution in [3.05, 3.63) is 23.6 Å². The van der Waals surface area contributed by atoms with Crippen LogP contribution in [0, 0.1) is 0 Å². The lowest BCUT2D eigenvalue weighted by molar-refractivity contribution is 0.270. The molecule has 0 fully saturated rings. The first-order chi connectivity index (χ1) is 5.45. The van der Waals surface area contributed by atoms with Gasteiger partial charge in [-0.3, -0.25) is 4.90 Å². The number of nitrogens with zero attached hydrogens (tertiary/aromatic N) is 2. The first-order valence-electron chi connectivity index (χ1n) is 3.47. The summed E-state index contributed by atoms with van der Waals surface area (Å²) < 4.78 is 5.17. The van der Waals surface area contributed by atoms with Crippen molar-refractivity contribution < 1.29 is 4.74 Å². The van der Waals surface area contributed by atoms with Crippen molar-refractivity contribution in [2.75, 3.05) is 6.61 Å². The zero-order chi connectivity index (χ0) is 7.26. The summed E-state index contributed by atoms with van der Waals surface area (Å²) in [4.78, 5) is 6.55. The fraction of sp³-hybridized carbons (Fsp3) is 0.286. The van der Waals surface area contributed by atoms with E-state index in [1.54, 1.807) is 18.0 Å². The molecule has 0 amide bonds. The van der Waals surface area contributed by atoms with Crippen LogP contribution in [0.2, 0.25) is 0 Å². The van der Waals surface area contributed by atoms with Gasteiger partial charge in [-0.25, -0.2) is 4.99 Å². The van der Waals surface area contributed by atoms with Gasteiger partial charge in [0.2, 0.25) is 0 Å². The van der Waals surface area contributed by atoms with Gasteiger partial charge in [0.15, 0.2) is 5.17 Å². The van der Waals surface area contributed by atoms with Gasteiger partial charge < -0.3 is 4.74 Å². The van der Waals surface area contributed by atoms with Crippen LogP contribution in [-0.2, 0) is 4.74 Å². The quantitative estimate of drug-likeness (QED) is 0.539. The molecule has 0 radical (unpaired) electrons. The normalized spacial score (nSPS) is 31.3. The maximum atomic E-state index is 5.17. The fourth-order valence-electron chi connectivity index (χ4n) is 1.40. The number of aliphatic imine (C=N–C) groups is 1. The van der Waals surface area contributed by atoms with Crippen molar-refractivity contribution in [3.8, 4) is 0 Å². The lowest BCUT2D eigenvalue weighted by Crippen LogP contribution is -2.15. The average molecular weight is 166 g/mol. The van der Waals surface area contributed by atoms with Gasteiger partial charge in [0.05, 0.1) is 5.70 Å². The van der Waals surface area contributed by atoms with Gasteiger partial charge in [0.1, 0.15) is 18.9 Å². The second kappa shape index (κ2) is 1.82. The van der Waals surface area contributed by atoms with Crippen LogP contribution in [-0.4, -0.2) is 22.7 Å². The number of hydrogen-bond donors (Lipinski definition) is 0. The number of amidine groups is 1. The lowest BCUT2D eigenvalue weighted by Gasteiger charge is -2.08. The van der Waals surface area contributed by atoms with Crippen molar-refractivity contribution in [1.29, 1.82) is 0 Å². The Kier molecular flexibility index (Phi) is 0.946. The number of hydrogen-bond acceptors (Lipinski definition) is 4. The highest BCUT2D eigenvalue weighted by Crippen LogP contribution is 2.35. The topological polar surface area (TPSA) is 24.8 Å². The molecule has 1 unspecified atom stereocenters. The molecule has 0 aliphatic carbocycles. The number of fused-ring (bicyclic) bond motifs is 3. The first-order valence-corrected chi connectivity index (χ1v) is 4.35. The van der Waals surface area contributed by atoms with E-state index in [0.717, 1.165) is 5.17 Å². The molecule has 0 bridgehead atoms. The van der Waals surface area contributed by atoms with Gasteiger partial charge >= 0.3 is 0 Å². The summed E-state index contributed by atoms with van der Waals surface area (Å²) >= 11 is 1.67.